The van der Waals surface area contributed by atoms with Crippen molar-refractivity contribution in [2.24, 2.45) is 0 Å². The number of alkyl halides is 1. The number of nitrogens with one attached hydrogen (secondary N) is 1. The van der Waals surface area contributed by atoms with Gasteiger partial charge in [-0.05, 0) is 6.07 Å². The van der Waals surface area contributed by atoms with Crippen molar-refractivity contribution in [1.29, 1.82) is 0 Å². The van der Waals surface area contributed by atoms with Crippen LogP contribution in [-0.2, 0) is 10.0 Å². The molecule has 0 amide bonds. The van der Waals surface area contributed by atoms with Gasteiger partial charge in [-0.2, -0.15) is 0 Å². The van der Waals surface area contributed by atoms with Crippen LogP contribution in [-0.4, -0.2) is 18.0 Å². The van der Waals surface area contributed by atoms with Crippen molar-refractivity contribution >= 4 is 48.9 Å². The van der Waals surface area contributed by atoms with Crippen LogP contribution in [0.3, 0.4) is 0 Å². The molecule has 0 saturated heterocycles. The minimum atomic E-state index is -3.58. The molecule has 1 aromatic rings. The van der Waals surface area contributed by atoms with Gasteiger partial charge in [0.2, 0.25) is 10.0 Å². The number of benzene rings is 1. The summed E-state index contributed by atoms with van der Waals surface area (Å²) in [6.45, 7) is 0. The third-order valence-electron chi connectivity index (χ3n) is 1.57. The largest absolute Gasteiger partial charge is 0.281 e. The van der Waals surface area contributed by atoms with Gasteiger partial charge in [0.25, 0.3) is 5.69 Å². The van der Waals surface area contributed by atoms with Crippen LogP contribution >= 0.6 is 27.5 Å². The van der Waals surface area contributed by atoms with Gasteiger partial charge in [0.05, 0.1) is 15.6 Å². The third kappa shape index (κ3) is 3.32. The van der Waals surface area contributed by atoms with Gasteiger partial charge in [0, 0.05) is 12.1 Å². The smallest absolute Gasteiger partial charge is 0.271 e. The van der Waals surface area contributed by atoms with E-state index in [0.29, 0.717) is 0 Å². The standard InChI is InChI=1S/C7H6BrClN2O4S/c8-4-16(14,15)10-7-3-5(11(12)13)1-2-6(7)9/h1-3,10H,4H2. The predicted molar refractivity (Wildman–Crippen MR) is 64.4 cm³/mol. The first-order valence-electron chi connectivity index (χ1n) is 3.86. The molecule has 0 aromatic heterocycles. The summed E-state index contributed by atoms with van der Waals surface area (Å²) in [5, 5.41) is 10.6. The molecule has 0 saturated carbocycles. The zero-order chi connectivity index (χ0) is 12.3. The first-order chi connectivity index (χ1) is 7.35. The molecule has 1 N–H and O–H groups in total. The molecule has 0 radical (unpaired) electrons. The van der Waals surface area contributed by atoms with E-state index in [1.54, 1.807) is 0 Å². The van der Waals surface area contributed by atoms with E-state index in [0.717, 1.165) is 6.07 Å². The Morgan fingerprint density at radius 2 is 2.12 bits per heavy atom. The Hall–Kier alpha value is -0.860. The van der Waals surface area contributed by atoms with E-state index < -0.39 is 14.9 Å². The Labute approximate surface area is 105 Å². The topological polar surface area (TPSA) is 89.3 Å². The third-order valence-corrected chi connectivity index (χ3v) is 4.53. The number of nitrogens with zero attached hydrogens (tertiary/aromatic N) is 1. The van der Waals surface area contributed by atoms with E-state index in [1.165, 1.54) is 12.1 Å². The van der Waals surface area contributed by atoms with E-state index in [9.17, 15) is 18.5 Å². The van der Waals surface area contributed by atoms with Crippen molar-refractivity contribution in [3.8, 4) is 0 Å². The van der Waals surface area contributed by atoms with Gasteiger partial charge in [-0.15, -0.1) is 0 Å². The maximum absolute atomic E-state index is 11.2. The average Bonchev–Trinajstić information content (AvgIpc) is 2.21. The molecule has 0 aliphatic carbocycles. The molecule has 0 heterocycles. The van der Waals surface area contributed by atoms with Gasteiger partial charge in [0.15, 0.2) is 0 Å². The summed E-state index contributed by atoms with van der Waals surface area (Å²) in [6.07, 6.45) is 0. The molecule has 6 nitrogen and oxygen atoms in total. The van der Waals surface area contributed by atoms with Gasteiger partial charge in [-0.25, -0.2) is 8.42 Å². The molecule has 1 rings (SSSR count). The van der Waals surface area contributed by atoms with Crippen molar-refractivity contribution in [3.63, 3.8) is 0 Å². The SMILES string of the molecule is O=[N+]([O-])c1ccc(Cl)c(NS(=O)(=O)CBr)c1. The molecular formula is C7H6BrClN2O4S. The number of sulfonamides is 1. The van der Waals surface area contributed by atoms with Crippen molar-refractivity contribution < 1.29 is 13.3 Å². The number of hydrogen-bond donors (Lipinski definition) is 1. The zero-order valence-electron chi connectivity index (χ0n) is 7.68. The van der Waals surface area contributed by atoms with Gasteiger partial charge < -0.3 is 0 Å². The fourth-order valence-electron chi connectivity index (χ4n) is 0.900. The average molecular weight is 330 g/mol. The molecule has 0 bridgehead atoms. The quantitative estimate of drug-likeness (QED) is 0.521. The summed E-state index contributed by atoms with van der Waals surface area (Å²) < 4.78 is 24.2. The Balaban J connectivity index is 3.13. The number of rotatable bonds is 4. The summed E-state index contributed by atoms with van der Waals surface area (Å²) in [4.78, 5) is 9.84. The fourth-order valence-corrected chi connectivity index (χ4v) is 2.02. The minimum Gasteiger partial charge on any atom is -0.281 e. The number of nitro benzene ring substituents is 1. The molecule has 1 aromatic carbocycles. The van der Waals surface area contributed by atoms with Gasteiger partial charge in [-0.3, -0.25) is 14.8 Å². The molecule has 0 aliphatic heterocycles. The summed E-state index contributed by atoms with van der Waals surface area (Å²) in [5.74, 6) is 0. The molecule has 88 valence electrons. The van der Waals surface area contributed by atoms with Gasteiger partial charge in [0.1, 0.15) is 4.66 Å². The molecule has 0 fully saturated rings. The predicted octanol–water partition coefficient (Wildman–Crippen LogP) is 2.34. The van der Waals surface area contributed by atoms with Crippen molar-refractivity contribution in [3.05, 3.63) is 33.3 Å². The van der Waals surface area contributed by atoms with Crippen LogP contribution in [0.2, 0.25) is 5.02 Å². The molecule has 0 spiro atoms. The molecule has 0 unspecified atom stereocenters. The molecule has 0 aliphatic rings. The maximum atomic E-state index is 11.2. The highest BCUT2D eigenvalue weighted by Gasteiger charge is 2.14. The van der Waals surface area contributed by atoms with E-state index >= 15 is 0 Å². The van der Waals surface area contributed by atoms with Crippen LogP contribution in [0, 0.1) is 10.1 Å². The van der Waals surface area contributed by atoms with Crippen LogP contribution < -0.4 is 4.72 Å². The lowest BCUT2D eigenvalue weighted by Crippen LogP contribution is -2.13. The highest BCUT2D eigenvalue weighted by atomic mass is 79.9. The second kappa shape index (κ2) is 4.98. The Morgan fingerprint density at radius 3 is 2.62 bits per heavy atom. The number of anilines is 1. The fraction of sp³-hybridized carbons (Fsp3) is 0.143. The summed E-state index contributed by atoms with van der Waals surface area (Å²) >= 11 is 8.47. The van der Waals surface area contributed by atoms with E-state index in [-0.39, 0.29) is 21.1 Å². The van der Waals surface area contributed by atoms with Crippen LogP contribution in [0.25, 0.3) is 0 Å². The first-order valence-corrected chi connectivity index (χ1v) is 7.01. The highest BCUT2D eigenvalue weighted by molar-refractivity contribution is 9.10. The lowest BCUT2D eigenvalue weighted by atomic mass is 10.3. The lowest BCUT2D eigenvalue weighted by molar-refractivity contribution is -0.384. The number of halogens is 2. The first kappa shape index (κ1) is 13.2. The second-order valence-electron chi connectivity index (χ2n) is 2.75. The van der Waals surface area contributed by atoms with E-state index in [1.807, 2.05) is 0 Å². The Morgan fingerprint density at radius 1 is 1.50 bits per heavy atom. The highest BCUT2D eigenvalue weighted by Crippen LogP contribution is 2.27. The minimum absolute atomic E-state index is 0.0182. The van der Waals surface area contributed by atoms with Gasteiger partial charge in [-0.1, -0.05) is 27.5 Å². The van der Waals surface area contributed by atoms with Crippen LogP contribution in [0.1, 0.15) is 0 Å². The number of non-ortho nitro benzene ring substituents is 1. The van der Waals surface area contributed by atoms with Crippen LogP contribution in [0.15, 0.2) is 18.2 Å². The molecule has 9 heteroatoms. The summed E-state index contributed by atoms with van der Waals surface area (Å²) in [5.41, 5.74) is -0.257. The summed E-state index contributed by atoms with van der Waals surface area (Å²) in [6, 6.07) is 3.50. The molecular weight excluding hydrogens is 324 g/mol. The Kier molecular flexibility index (Phi) is 4.11. The van der Waals surface area contributed by atoms with Gasteiger partial charge >= 0.3 is 0 Å². The van der Waals surface area contributed by atoms with Crippen molar-refractivity contribution in [2.45, 2.75) is 0 Å². The lowest BCUT2D eigenvalue weighted by Gasteiger charge is -2.06. The number of nitro groups is 1. The Bertz CT molecular complexity index is 519. The molecule has 16 heavy (non-hydrogen) atoms. The van der Waals surface area contributed by atoms with Crippen molar-refractivity contribution in [1.82, 2.24) is 0 Å². The second-order valence-corrected chi connectivity index (χ2v) is 6.18. The molecule has 0 atom stereocenters. The van der Waals surface area contributed by atoms with Crippen LogP contribution in [0.5, 0.6) is 0 Å². The monoisotopic (exact) mass is 328 g/mol. The van der Waals surface area contributed by atoms with Crippen LogP contribution in [0.4, 0.5) is 11.4 Å². The number of hydrogen-bond acceptors (Lipinski definition) is 4. The normalized spacial score (nSPS) is 11.1. The zero-order valence-corrected chi connectivity index (χ0v) is 10.8. The van der Waals surface area contributed by atoms with E-state index in [2.05, 4.69) is 20.7 Å². The van der Waals surface area contributed by atoms with Crippen molar-refractivity contribution in [2.75, 3.05) is 9.38 Å². The van der Waals surface area contributed by atoms with E-state index in [4.69, 9.17) is 11.6 Å². The summed E-state index contributed by atoms with van der Waals surface area (Å²) in [7, 11) is -3.58. The maximum Gasteiger partial charge on any atom is 0.271 e.